The van der Waals surface area contributed by atoms with Gasteiger partial charge in [0.2, 0.25) is 0 Å². The number of methoxy groups -OCH3 is 1. The van der Waals surface area contributed by atoms with Crippen molar-refractivity contribution < 1.29 is 4.74 Å². The van der Waals surface area contributed by atoms with E-state index in [2.05, 4.69) is 25.8 Å². The van der Waals surface area contributed by atoms with E-state index in [9.17, 15) is 0 Å². The monoisotopic (exact) mass is 468 g/mol. The summed E-state index contributed by atoms with van der Waals surface area (Å²) in [6, 6.07) is 0.489. The number of aromatic nitrogens is 3. The van der Waals surface area contributed by atoms with Gasteiger partial charge in [-0.25, -0.2) is 4.99 Å². The second-order valence-electron chi connectivity index (χ2n) is 5.72. The molecule has 0 spiro atoms. The number of aryl methyl sites for hydroxylation is 1. The van der Waals surface area contributed by atoms with E-state index in [1.165, 1.54) is 18.6 Å². The smallest absolute Gasteiger partial charge is 0.191 e. The van der Waals surface area contributed by atoms with E-state index in [1.807, 2.05) is 30.3 Å². The number of nitrogens with one attached hydrogen (secondary N) is 2. The third-order valence-corrected chi connectivity index (χ3v) is 5.10. The van der Waals surface area contributed by atoms with Gasteiger partial charge in [0.1, 0.15) is 12.4 Å². The standard InChI is InChI=1S/C15H28N6OS.HI/c1-12-19-20-14(21(12)2)10-17-15(16-7-5-8-22-3)18-13-6-4-9-23-11-13;/h13H,4-11H2,1-3H3,(H2,16,17,18);1H. The van der Waals surface area contributed by atoms with Crippen molar-refractivity contribution in [3.8, 4) is 0 Å². The molecule has 1 aromatic rings. The van der Waals surface area contributed by atoms with Gasteiger partial charge in [-0.3, -0.25) is 0 Å². The summed E-state index contributed by atoms with van der Waals surface area (Å²) in [5, 5.41) is 15.2. The lowest BCUT2D eigenvalue weighted by molar-refractivity contribution is 0.195. The molecule has 0 amide bonds. The van der Waals surface area contributed by atoms with Crippen LogP contribution in [-0.2, 0) is 18.3 Å². The molecular formula is C15H29IN6OS. The molecule has 1 fully saturated rings. The molecule has 1 aliphatic rings. The van der Waals surface area contributed by atoms with Gasteiger partial charge < -0.3 is 19.9 Å². The number of halogens is 1. The number of ether oxygens (including phenoxy) is 1. The topological polar surface area (TPSA) is 76.4 Å². The van der Waals surface area contributed by atoms with Crippen molar-refractivity contribution in [1.82, 2.24) is 25.4 Å². The molecule has 2 heterocycles. The zero-order valence-corrected chi connectivity index (χ0v) is 17.9. The van der Waals surface area contributed by atoms with Crippen LogP contribution >= 0.6 is 35.7 Å². The number of guanidine groups is 1. The average Bonchev–Trinajstić information content (AvgIpc) is 2.89. The summed E-state index contributed by atoms with van der Waals surface area (Å²) in [4.78, 5) is 4.68. The van der Waals surface area contributed by atoms with Crippen LogP contribution in [0.2, 0.25) is 0 Å². The van der Waals surface area contributed by atoms with E-state index in [1.54, 1.807) is 7.11 Å². The van der Waals surface area contributed by atoms with Gasteiger partial charge in [-0.05, 0) is 31.9 Å². The van der Waals surface area contributed by atoms with Gasteiger partial charge in [0.05, 0.1) is 0 Å². The Morgan fingerprint density at radius 3 is 2.92 bits per heavy atom. The third-order valence-electron chi connectivity index (χ3n) is 3.88. The second-order valence-corrected chi connectivity index (χ2v) is 6.87. The fourth-order valence-electron chi connectivity index (χ4n) is 2.36. The van der Waals surface area contributed by atoms with Crippen LogP contribution in [0.15, 0.2) is 4.99 Å². The van der Waals surface area contributed by atoms with Crippen LogP contribution in [-0.4, -0.2) is 58.5 Å². The largest absolute Gasteiger partial charge is 0.385 e. The van der Waals surface area contributed by atoms with Crippen LogP contribution in [0.3, 0.4) is 0 Å². The minimum absolute atomic E-state index is 0. The molecular weight excluding hydrogens is 439 g/mol. The van der Waals surface area contributed by atoms with E-state index >= 15 is 0 Å². The van der Waals surface area contributed by atoms with Crippen molar-refractivity contribution in [2.24, 2.45) is 12.0 Å². The Hall–Kier alpha value is -0.550. The molecule has 0 aromatic carbocycles. The molecule has 0 radical (unpaired) electrons. The van der Waals surface area contributed by atoms with E-state index in [0.717, 1.165) is 42.9 Å². The van der Waals surface area contributed by atoms with Crippen LogP contribution in [0, 0.1) is 6.92 Å². The van der Waals surface area contributed by atoms with Crippen molar-refractivity contribution in [2.75, 3.05) is 31.8 Å². The highest BCUT2D eigenvalue weighted by atomic mass is 127. The van der Waals surface area contributed by atoms with Crippen LogP contribution < -0.4 is 10.6 Å². The highest BCUT2D eigenvalue weighted by Crippen LogP contribution is 2.16. The Kier molecular flexibility index (Phi) is 10.7. The van der Waals surface area contributed by atoms with Crippen LogP contribution in [0.1, 0.15) is 30.9 Å². The van der Waals surface area contributed by atoms with Crippen molar-refractivity contribution >= 4 is 41.7 Å². The van der Waals surface area contributed by atoms with E-state index in [-0.39, 0.29) is 24.0 Å². The van der Waals surface area contributed by atoms with Crippen LogP contribution in [0.4, 0.5) is 0 Å². The number of hydrogen-bond donors (Lipinski definition) is 2. The van der Waals surface area contributed by atoms with Gasteiger partial charge in [0, 0.05) is 39.1 Å². The number of rotatable bonds is 7. The molecule has 138 valence electrons. The Labute approximate surface area is 165 Å². The quantitative estimate of drug-likeness (QED) is 0.275. The lowest BCUT2D eigenvalue weighted by Gasteiger charge is -2.24. The molecule has 1 unspecified atom stereocenters. The zero-order valence-electron chi connectivity index (χ0n) is 14.7. The second kappa shape index (κ2) is 11.9. The van der Waals surface area contributed by atoms with Crippen molar-refractivity contribution in [3.05, 3.63) is 11.6 Å². The highest BCUT2D eigenvalue weighted by Gasteiger charge is 2.15. The normalized spacial score (nSPS) is 18.1. The maximum Gasteiger partial charge on any atom is 0.191 e. The Bertz CT molecular complexity index is 504. The summed E-state index contributed by atoms with van der Waals surface area (Å²) in [6.07, 6.45) is 3.43. The van der Waals surface area contributed by atoms with Gasteiger partial charge in [0.15, 0.2) is 11.8 Å². The van der Waals surface area contributed by atoms with Crippen LogP contribution in [0.5, 0.6) is 0 Å². The summed E-state index contributed by atoms with van der Waals surface area (Å²) in [5.74, 6) is 5.04. The predicted molar refractivity (Wildman–Crippen MR) is 110 cm³/mol. The van der Waals surface area contributed by atoms with Crippen molar-refractivity contribution in [1.29, 1.82) is 0 Å². The fourth-order valence-corrected chi connectivity index (χ4v) is 3.43. The lowest BCUT2D eigenvalue weighted by atomic mass is 10.2. The Morgan fingerprint density at radius 1 is 1.46 bits per heavy atom. The minimum atomic E-state index is 0. The van der Waals surface area contributed by atoms with E-state index in [4.69, 9.17) is 4.74 Å². The summed E-state index contributed by atoms with van der Waals surface area (Å²) in [7, 11) is 3.69. The number of aliphatic imine (C=N–C) groups is 1. The average molecular weight is 468 g/mol. The first-order chi connectivity index (χ1) is 11.2. The minimum Gasteiger partial charge on any atom is -0.385 e. The summed E-state index contributed by atoms with van der Waals surface area (Å²) < 4.78 is 7.07. The number of nitrogens with zero attached hydrogens (tertiary/aromatic N) is 4. The SMILES string of the molecule is COCCCNC(=NCc1nnc(C)n1C)NC1CCCSC1.I. The van der Waals surface area contributed by atoms with Crippen molar-refractivity contribution in [3.63, 3.8) is 0 Å². The number of thioether (sulfide) groups is 1. The van der Waals surface area contributed by atoms with E-state index in [0.29, 0.717) is 12.6 Å². The molecule has 2 rings (SSSR count). The summed E-state index contributed by atoms with van der Waals surface area (Å²) >= 11 is 2.01. The molecule has 2 N–H and O–H groups in total. The zero-order chi connectivity index (χ0) is 16.5. The first-order valence-electron chi connectivity index (χ1n) is 8.17. The molecule has 0 bridgehead atoms. The molecule has 1 aliphatic heterocycles. The molecule has 0 aliphatic carbocycles. The molecule has 24 heavy (non-hydrogen) atoms. The predicted octanol–water partition coefficient (Wildman–Crippen LogP) is 1.71. The Balaban J connectivity index is 0.00000288. The summed E-state index contributed by atoms with van der Waals surface area (Å²) in [6.45, 7) is 4.07. The maximum absolute atomic E-state index is 5.10. The first kappa shape index (κ1) is 21.5. The fraction of sp³-hybridized carbons (Fsp3) is 0.800. The first-order valence-corrected chi connectivity index (χ1v) is 9.32. The molecule has 9 heteroatoms. The molecule has 7 nitrogen and oxygen atoms in total. The third kappa shape index (κ3) is 7.14. The van der Waals surface area contributed by atoms with Crippen LogP contribution in [0.25, 0.3) is 0 Å². The molecule has 0 saturated carbocycles. The van der Waals surface area contributed by atoms with Gasteiger partial charge in [-0.1, -0.05) is 0 Å². The maximum atomic E-state index is 5.10. The molecule has 1 saturated heterocycles. The summed E-state index contributed by atoms with van der Waals surface area (Å²) in [5.41, 5.74) is 0. The van der Waals surface area contributed by atoms with Gasteiger partial charge in [-0.15, -0.1) is 34.2 Å². The Morgan fingerprint density at radius 2 is 2.29 bits per heavy atom. The molecule has 1 aromatic heterocycles. The van der Waals surface area contributed by atoms with Crippen molar-refractivity contribution in [2.45, 2.75) is 38.8 Å². The van der Waals surface area contributed by atoms with E-state index < -0.39 is 0 Å². The molecule has 1 atom stereocenters. The van der Waals surface area contributed by atoms with Gasteiger partial charge in [-0.2, -0.15) is 11.8 Å². The highest BCUT2D eigenvalue weighted by molar-refractivity contribution is 14.0. The number of hydrogen-bond acceptors (Lipinski definition) is 5. The van der Waals surface area contributed by atoms with Gasteiger partial charge in [0.25, 0.3) is 0 Å². The lowest BCUT2D eigenvalue weighted by Crippen LogP contribution is -2.46. The van der Waals surface area contributed by atoms with Gasteiger partial charge >= 0.3 is 0 Å².